The molecule has 0 atom stereocenters. The van der Waals surface area contributed by atoms with Crippen LogP contribution in [0.3, 0.4) is 0 Å². The molecule has 0 bridgehead atoms. The number of rotatable bonds is 4. The second-order valence-corrected chi connectivity index (χ2v) is 5.79. The van der Waals surface area contributed by atoms with Gasteiger partial charge in [0.1, 0.15) is 12.4 Å². The van der Waals surface area contributed by atoms with Crippen LogP contribution in [-0.2, 0) is 5.41 Å². The fraction of sp³-hybridized carbons (Fsp3) is 0.600. The molecule has 94 valence electrons. The Kier molecular flexibility index (Phi) is 3.72. The van der Waals surface area contributed by atoms with Gasteiger partial charge in [-0.1, -0.05) is 39.0 Å². The summed E-state index contributed by atoms with van der Waals surface area (Å²) in [6, 6.07) is 8.38. The normalized spacial score (nSPS) is 16.6. The summed E-state index contributed by atoms with van der Waals surface area (Å²) < 4.78 is 5.93. The lowest BCUT2D eigenvalue weighted by Gasteiger charge is -2.30. The highest BCUT2D eigenvalue weighted by Gasteiger charge is 2.19. The molecule has 0 N–H and O–H groups in total. The van der Waals surface area contributed by atoms with Gasteiger partial charge in [0.05, 0.1) is 0 Å². The van der Waals surface area contributed by atoms with Gasteiger partial charge in [0, 0.05) is 6.54 Å². The molecule has 0 aromatic heterocycles. The molecule has 1 aliphatic rings. The molecule has 1 heterocycles. The molecule has 1 saturated heterocycles. The van der Waals surface area contributed by atoms with Crippen LogP contribution >= 0.6 is 0 Å². The first-order valence-electron chi connectivity index (χ1n) is 6.52. The number of nitrogens with zero attached hydrogens (tertiary/aromatic N) is 1. The lowest BCUT2D eigenvalue weighted by molar-refractivity contribution is 0.146. The highest BCUT2D eigenvalue weighted by atomic mass is 16.5. The monoisotopic (exact) mass is 233 g/mol. The van der Waals surface area contributed by atoms with E-state index in [0.717, 1.165) is 18.9 Å². The molecule has 17 heavy (non-hydrogen) atoms. The van der Waals surface area contributed by atoms with Crippen molar-refractivity contribution in [3.05, 3.63) is 29.8 Å². The van der Waals surface area contributed by atoms with E-state index in [4.69, 9.17) is 4.74 Å². The lowest BCUT2D eigenvalue weighted by atomic mass is 9.86. The molecule has 2 heteroatoms. The van der Waals surface area contributed by atoms with Crippen molar-refractivity contribution in [1.29, 1.82) is 0 Å². The van der Waals surface area contributed by atoms with Gasteiger partial charge in [-0.05, 0) is 36.6 Å². The molecule has 0 spiro atoms. The Hall–Kier alpha value is -1.02. The average molecular weight is 233 g/mol. The van der Waals surface area contributed by atoms with Crippen molar-refractivity contribution < 1.29 is 4.74 Å². The highest BCUT2D eigenvalue weighted by molar-refractivity contribution is 5.38. The van der Waals surface area contributed by atoms with Gasteiger partial charge in [-0.25, -0.2) is 0 Å². The third-order valence-electron chi connectivity index (χ3n) is 3.31. The predicted molar refractivity (Wildman–Crippen MR) is 71.7 cm³/mol. The Morgan fingerprint density at radius 2 is 1.88 bits per heavy atom. The van der Waals surface area contributed by atoms with Crippen LogP contribution in [0.1, 0.15) is 32.8 Å². The zero-order valence-corrected chi connectivity index (χ0v) is 11.2. The van der Waals surface area contributed by atoms with Crippen LogP contribution in [0.2, 0.25) is 0 Å². The van der Waals surface area contributed by atoms with Crippen molar-refractivity contribution in [2.75, 3.05) is 26.2 Å². The number of hydrogen-bond acceptors (Lipinski definition) is 2. The molecular formula is C15H23NO. The van der Waals surface area contributed by atoms with Crippen molar-refractivity contribution in [3.63, 3.8) is 0 Å². The molecule has 0 unspecified atom stereocenters. The molecule has 1 aromatic carbocycles. The fourth-order valence-electron chi connectivity index (χ4n) is 2.10. The molecule has 1 fully saturated rings. The molecule has 1 aliphatic heterocycles. The third-order valence-corrected chi connectivity index (χ3v) is 3.31. The van der Waals surface area contributed by atoms with E-state index in [1.165, 1.54) is 25.1 Å². The minimum Gasteiger partial charge on any atom is -0.492 e. The minimum absolute atomic E-state index is 0.146. The SMILES string of the molecule is CC(C)(C)c1ccccc1OCCN1CCC1. The second kappa shape index (κ2) is 5.09. The summed E-state index contributed by atoms with van der Waals surface area (Å²) in [6.45, 7) is 11.0. The molecule has 0 radical (unpaired) electrons. The molecule has 1 aromatic rings. The minimum atomic E-state index is 0.146. The summed E-state index contributed by atoms with van der Waals surface area (Å²) in [5.41, 5.74) is 1.44. The summed E-state index contributed by atoms with van der Waals surface area (Å²) in [4.78, 5) is 2.43. The van der Waals surface area contributed by atoms with Gasteiger partial charge >= 0.3 is 0 Å². The smallest absolute Gasteiger partial charge is 0.123 e. The van der Waals surface area contributed by atoms with Crippen molar-refractivity contribution in [1.82, 2.24) is 4.90 Å². The summed E-state index contributed by atoms with van der Waals surface area (Å²) >= 11 is 0. The van der Waals surface area contributed by atoms with Crippen LogP contribution < -0.4 is 4.74 Å². The van der Waals surface area contributed by atoms with Crippen molar-refractivity contribution in [3.8, 4) is 5.75 Å². The Morgan fingerprint density at radius 3 is 2.47 bits per heavy atom. The van der Waals surface area contributed by atoms with E-state index in [1.54, 1.807) is 0 Å². The van der Waals surface area contributed by atoms with E-state index in [-0.39, 0.29) is 5.41 Å². The van der Waals surface area contributed by atoms with E-state index in [0.29, 0.717) is 0 Å². The second-order valence-electron chi connectivity index (χ2n) is 5.79. The molecular weight excluding hydrogens is 210 g/mol. The largest absolute Gasteiger partial charge is 0.492 e. The molecule has 0 amide bonds. The van der Waals surface area contributed by atoms with Crippen LogP contribution in [0, 0.1) is 0 Å². The van der Waals surface area contributed by atoms with Crippen LogP contribution in [0.5, 0.6) is 5.75 Å². The first kappa shape index (κ1) is 12.4. The molecule has 2 rings (SSSR count). The van der Waals surface area contributed by atoms with Crippen molar-refractivity contribution >= 4 is 0 Å². The van der Waals surface area contributed by atoms with E-state index >= 15 is 0 Å². The standard InChI is InChI=1S/C15H23NO/c1-15(2,3)13-7-4-5-8-14(13)17-12-11-16-9-6-10-16/h4-5,7-8H,6,9-12H2,1-3H3. The molecule has 0 saturated carbocycles. The topological polar surface area (TPSA) is 12.5 Å². The first-order valence-corrected chi connectivity index (χ1v) is 6.52. The van der Waals surface area contributed by atoms with E-state index in [9.17, 15) is 0 Å². The van der Waals surface area contributed by atoms with Gasteiger partial charge in [0.15, 0.2) is 0 Å². The highest BCUT2D eigenvalue weighted by Crippen LogP contribution is 2.30. The van der Waals surface area contributed by atoms with Gasteiger partial charge in [-0.3, -0.25) is 4.90 Å². The van der Waals surface area contributed by atoms with Crippen LogP contribution in [0.15, 0.2) is 24.3 Å². The maximum absolute atomic E-state index is 5.93. The first-order chi connectivity index (χ1) is 8.07. The summed E-state index contributed by atoms with van der Waals surface area (Å²) in [5, 5.41) is 0. The van der Waals surface area contributed by atoms with Crippen LogP contribution in [0.25, 0.3) is 0 Å². The Morgan fingerprint density at radius 1 is 1.18 bits per heavy atom. The number of benzene rings is 1. The van der Waals surface area contributed by atoms with Gasteiger partial charge in [-0.15, -0.1) is 0 Å². The third kappa shape index (κ3) is 3.22. The fourth-order valence-corrected chi connectivity index (χ4v) is 2.10. The van der Waals surface area contributed by atoms with Gasteiger partial charge in [0.2, 0.25) is 0 Å². The van der Waals surface area contributed by atoms with Gasteiger partial charge in [-0.2, -0.15) is 0 Å². The lowest BCUT2D eigenvalue weighted by Crippen LogP contribution is -2.39. The number of ether oxygens (including phenoxy) is 1. The van der Waals surface area contributed by atoms with Crippen molar-refractivity contribution in [2.24, 2.45) is 0 Å². The number of likely N-dealkylation sites (tertiary alicyclic amines) is 1. The quantitative estimate of drug-likeness (QED) is 0.792. The van der Waals surface area contributed by atoms with E-state index in [1.807, 2.05) is 6.07 Å². The van der Waals surface area contributed by atoms with Crippen LogP contribution in [-0.4, -0.2) is 31.1 Å². The molecule has 0 aliphatic carbocycles. The summed E-state index contributed by atoms with van der Waals surface area (Å²) in [7, 11) is 0. The van der Waals surface area contributed by atoms with E-state index < -0.39 is 0 Å². The van der Waals surface area contributed by atoms with Gasteiger partial charge < -0.3 is 4.74 Å². The summed E-state index contributed by atoms with van der Waals surface area (Å²) in [6.07, 6.45) is 1.35. The summed E-state index contributed by atoms with van der Waals surface area (Å²) in [5.74, 6) is 1.04. The Bertz CT molecular complexity index is 363. The maximum atomic E-state index is 5.93. The number of para-hydroxylation sites is 1. The van der Waals surface area contributed by atoms with Gasteiger partial charge in [0.25, 0.3) is 0 Å². The van der Waals surface area contributed by atoms with Crippen molar-refractivity contribution in [2.45, 2.75) is 32.6 Å². The van der Waals surface area contributed by atoms with Crippen LogP contribution in [0.4, 0.5) is 0 Å². The zero-order valence-electron chi connectivity index (χ0n) is 11.2. The average Bonchev–Trinajstić information content (AvgIpc) is 2.21. The number of hydrogen-bond donors (Lipinski definition) is 0. The Labute approximate surface area is 105 Å². The zero-order chi connectivity index (χ0) is 12.3. The maximum Gasteiger partial charge on any atom is 0.123 e. The predicted octanol–water partition coefficient (Wildman–Crippen LogP) is 3.07. The molecule has 2 nitrogen and oxygen atoms in total. The van der Waals surface area contributed by atoms with E-state index in [2.05, 4.69) is 43.9 Å². The Balaban J connectivity index is 1.94.